The Morgan fingerprint density at radius 1 is 1.05 bits per heavy atom. The Bertz CT molecular complexity index is 1540. The number of aromatic nitrogens is 2. The summed E-state index contributed by atoms with van der Waals surface area (Å²) in [5.74, 6) is -0.919. The molecule has 0 unspecified atom stereocenters. The Morgan fingerprint density at radius 2 is 1.84 bits per heavy atom. The van der Waals surface area contributed by atoms with Gasteiger partial charge in [0.15, 0.2) is 0 Å². The highest BCUT2D eigenvalue weighted by Gasteiger charge is 2.20. The van der Waals surface area contributed by atoms with Crippen LogP contribution in [0.3, 0.4) is 0 Å². The molecule has 5 rings (SSSR count). The van der Waals surface area contributed by atoms with Gasteiger partial charge in [0.2, 0.25) is 0 Å². The highest BCUT2D eigenvalue weighted by molar-refractivity contribution is 5.99. The fraction of sp³-hybridized carbons (Fsp3) is 0.172. The van der Waals surface area contributed by atoms with E-state index in [1.165, 1.54) is 13.2 Å². The van der Waals surface area contributed by atoms with Gasteiger partial charge in [-0.1, -0.05) is 23.4 Å². The monoisotopic (exact) mass is 512 g/mol. The number of esters is 1. The standard InChI is InChI=1S/C29H25FN4O4/c1-17(34-38-16-18-3-5-19(6-4-18)29(36)37-2)20-7-8-24(30)22(13-20)27-14-21(9-11-31-27)26-15-23-25(33-26)10-12-32-28(23)35/h3-9,11,13-15,33H,10,12,16H2,1-2H3,(H,32,35)/b34-17-. The maximum atomic E-state index is 14.9. The van der Waals surface area contributed by atoms with Gasteiger partial charge in [-0.2, -0.15) is 0 Å². The van der Waals surface area contributed by atoms with E-state index >= 15 is 0 Å². The van der Waals surface area contributed by atoms with Crippen molar-refractivity contribution in [2.45, 2.75) is 20.0 Å². The minimum absolute atomic E-state index is 0.100. The van der Waals surface area contributed by atoms with E-state index in [0.717, 1.165) is 28.9 Å². The number of benzene rings is 2. The minimum atomic E-state index is -0.414. The fourth-order valence-corrected chi connectivity index (χ4v) is 4.25. The van der Waals surface area contributed by atoms with Gasteiger partial charge in [0.05, 0.1) is 29.6 Å². The van der Waals surface area contributed by atoms with Crippen LogP contribution in [0.2, 0.25) is 0 Å². The van der Waals surface area contributed by atoms with Crippen LogP contribution >= 0.6 is 0 Å². The molecule has 0 radical (unpaired) electrons. The van der Waals surface area contributed by atoms with Gasteiger partial charge >= 0.3 is 5.97 Å². The van der Waals surface area contributed by atoms with Crippen molar-refractivity contribution in [3.8, 4) is 22.5 Å². The number of nitrogens with zero attached hydrogens (tertiary/aromatic N) is 2. The van der Waals surface area contributed by atoms with Crippen LogP contribution < -0.4 is 5.32 Å². The summed E-state index contributed by atoms with van der Waals surface area (Å²) in [5.41, 5.74) is 6.41. The lowest BCUT2D eigenvalue weighted by Gasteiger charge is -2.11. The number of carbonyl (C=O) groups excluding carboxylic acids is 2. The lowest BCUT2D eigenvalue weighted by molar-refractivity contribution is 0.0600. The highest BCUT2D eigenvalue weighted by Crippen LogP contribution is 2.29. The fourth-order valence-electron chi connectivity index (χ4n) is 4.25. The van der Waals surface area contributed by atoms with Crippen LogP contribution in [0.4, 0.5) is 4.39 Å². The molecule has 8 nitrogen and oxygen atoms in total. The number of hydrogen-bond donors (Lipinski definition) is 2. The minimum Gasteiger partial charge on any atom is -0.465 e. The molecule has 38 heavy (non-hydrogen) atoms. The van der Waals surface area contributed by atoms with Gasteiger partial charge in [0.1, 0.15) is 12.4 Å². The quantitative estimate of drug-likeness (QED) is 0.208. The number of hydrogen-bond acceptors (Lipinski definition) is 6. The van der Waals surface area contributed by atoms with E-state index in [0.29, 0.717) is 40.2 Å². The molecule has 0 aliphatic carbocycles. The topological polar surface area (TPSA) is 106 Å². The first-order valence-electron chi connectivity index (χ1n) is 12.0. The summed E-state index contributed by atoms with van der Waals surface area (Å²) < 4.78 is 19.6. The van der Waals surface area contributed by atoms with Crippen molar-refractivity contribution in [1.82, 2.24) is 15.3 Å². The second-order valence-electron chi connectivity index (χ2n) is 8.84. The average molecular weight is 513 g/mol. The van der Waals surface area contributed by atoms with Crippen LogP contribution in [0.25, 0.3) is 22.5 Å². The maximum Gasteiger partial charge on any atom is 0.337 e. The summed E-state index contributed by atoms with van der Waals surface area (Å²) >= 11 is 0. The van der Waals surface area contributed by atoms with Crippen LogP contribution in [0.15, 0.2) is 72.0 Å². The van der Waals surface area contributed by atoms with E-state index in [-0.39, 0.29) is 12.5 Å². The summed E-state index contributed by atoms with van der Waals surface area (Å²) in [6.45, 7) is 2.57. The molecule has 1 aliphatic heterocycles. The van der Waals surface area contributed by atoms with E-state index in [2.05, 4.69) is 20.4 Å². The average Bonchev–Trinajstić information content (AvgIpc) is 3.39. The molecular formula is C29H25FN4O4. The summed E-state index contributed by atoms with van der Waals surface area (Å²) in [5, 5.41) is 7.01. The van der Waals surface area contributed by atoms with Crippen molar-refractivity contribution in [2.24, 2.45) is 5.16 Å². The van der Waals surface area contributed by atoms with Crippen molar-refractivity contribution in [3.63, 3.8) is 0 Å². The number of fused-ring (bicyclic) bond motifs is 1. The Balaban J connectivity index is 1.34. The highest BCUT2D eigenvalue weighted by atomic mass is 19.1. The van der Waals surface area contributed by atoms with Crippen molar-refractivity contribution in [2.75, 3.05) is 13.7 Å². The van der Waals surface area contributed by atoms with Gasteiger partial charge in [-0.25, -0.2) is 9.18 Å². The van der Waals surface area contributed by atoms with Crippen LogP contribution in [0, 0.1) is 5.82 Å². The van der Waals surface area contributed by atoms with Crippen LogP contribution in [-0.4, -0.2) is 41.2 Å². The van der Waals surface area contributed by atoms with Gasteiger partial charge in [-0.3, -0.25) is 9.78 Å². The Labute approximate surface area is 218 Å². The molecule has 2 aromatic carbocycles. The van der Waals surface area contributed by atoms with Gasteiger partial charge in [0.25, 0.3) is 5.91 Å². The molecule has 0 saturated heterocycles. The molecule has 9 heteroatoms. The first kappa shape index (κ1) is 24.9. The van der Waals surface area contributed by atoms with Gasteiger partial charge in [-0.15, -0.1) is 0 Å². The van der Waals surface area contributed by atoms with Gasteiger partial charge in [-0.05, 0) is 60.5 Å². The summed E-state index contributed by atoms with van der Waals surface area (Å²) in [4.78, 5) is 36.9. The second kappa shape index (κ2) is 10.7. The molecule has 4 aromatic rings. The van der Waals surface area contributed by atoms with E-state index < -0.39 is 11.8 Å². The molecule has 0 bridgehead atoms. The number of halogens is 1. The molecule has 3 heterocycles. The van der Waals surface area contributed by atoms with Crippen molar-refractivity contribution in [3.05, 3.63) is 101 Å². The normalized spacial score (nSPS) is 13.0. The second-order valence-corrected chi connectivity index (χ2v) is 8.84. The summed E-state index contributed by atoms with van der Waals surface area (Å²) in [7, 11) is 1.33. The maximum absolute atomic E-state index is 14.9. The molecule has 1 amide bonds. The number of amides is 1. The molecule has 0 saturated carbocycles. The number of ether oxygens (including phenoxy) is 1. The van der Waals surface area contributed by atoms with E-state index in [9.17, 15) is 14.0 Å². The lowest BCUT2D eigenvalue weighted by atomic mass is 10.0. The van der Waals surface area contributed by atoms with Crippen LogP contribution in [0.5, 0.6) is 0 Å². The Hall–Kier alpha value is -4.79. The summed E-state index contributed by atoms with van der Waals surface area (Å²) in [6, 6.07) is 17.0. The third kappa shape index (κ3) is 5.17. The first-order chi connectivity index (χ1) is 18.4. The number of nitrogens with one attached hydrogen (secondary N) is 2. The molecular weight excluding hydrogens is 487 g/mol. The predicted octanol–water partition coefficient (Wildman–Crippen LogP) is 4.90. The number of methoxy groups -OCH3 is 1. The zero-order valence-corrected chi connectivity index (χ0v) is 20.9. The number of oxime groups is 1. The molecule has 0 atom stereocenters. The van der Waals surface area contributed by atoms with Crippen molar-refractivity contribution >= 4 is 17.6 Å². The molecule has 1 aliphatic rings. The predicted molar refractivity (Wildman–Crippen MR) is 140 cm³/mol. The Kier molecular flexibility index (Phi) is 6.99. The lowest BCUT2D eigenvalue weighted by Crippen LogP contribution is -2.31. The number of carbonyl (C=O) groups is 2. The third-order valence-electron chi connectivity index (χ3n) is 6.34. The van der Waals surface area contributed by atoms with E-state index in [1.54, 1.807) is 55.6 Å². The van der Waals surface area contributed by atoms with Crippen LogP contribution in [0.1, 0.15) is 44.5 Å². The number of aromatic amines is 1. The first-order valence-corrected chi connectivity index (χ1v) is 12.0. The molecule has 2 aromatic heterocycles. The molecule has 2 N–H and O–H groups in total. The Morgan fingerprint density at radius 3 is 2.61 bits per heavy atom. The van der Waals surface area contributed by atoms with Gasteiger partial charge in [0, 0.05) is 41.7 Å². The van der Waals surface area contributed by atoms with Crippen molar-refractivity contribution in [1.29, 1.82) is 0 Å². The molecule has 192 valence electrons. The molecule has 0 spiro atoms. The number of rotatable bonds is 7. The third-order valence-corrected chi connectivity index (χ3v) is 6.34. The van der Waals surface area contributed by atoms with E-state index in [4.69, 9.17) is 9.57 Å². The molecule has 0 fully saturated rings. The largest absolute Gasteiger partial charge is 0.465 e. The number of H-pyrrole nitrogens is 1. The zero-order valence-electron chi connectivity index (χ0n) is 20.9. The smallest absolute Gasteiger partial charge is 0.337 e. The summed E-state index contributed by atoms with van der Waals surface area (Å²) in [6.07, 6.45) is 2.35. The zero-order chi connectivity index (χ0) is 26.6. The van der Waals surface area contributed by atoms with Crippen molar-refractivity contribution < 1.29 is 23.6 Å². The van der Waals surface area contributed by atoms with E-state index in [1.807, 2.05) is 12.1 Å². The SMILES string of the molecule is COC(=O)c1ccc(CO/N=C(/C)c2ccc(F)c(-c3cc(-c4cc5c([nH]4)CCNC5=O)ccn3)c2)cc1. The van der Waals surface area contributed by atoms with Crippen LogP contribution in [-0.2, 0) is 22.6 Å². The van der Waals surface area contributed by atoms with Gasteiger partial charge < -0.3 is 19.9 Å². The number of pyridine rings is 1.